The molecule has 7 rings (SSSR count). The normalized spacial score (nSPS) is 12.4. The smallest absolute Gasteiger partial charge is 0.408 e. The van der Waals surface area contributed by atoms with Gasteiger partial charge in [-0.05, 0) is 86.8 Å². The first kappa shape index (κ1) is 71.5. The first-order chi connectivity index (χ1) is 41.7. The molecule has 0 bridgehead atoms. The molecule has 0 saturated carbocycles. The zero-order valence-corrected chi connectivity index (χ0v) is 48.9. The lowest BCUT2D eigenvalue weighted by molar-refractivity contribution is -0.148. The number of aliphatic carboxylic acids is 3. The van der Waals surface area contributed by atoms with Gasteiger partial charge in [-0.3, -0.25) is 14.4 Å². The number of aromatic amines is 1. The van der Waals surface area contributed by atoms with Crippen LogP contribution in [0.4, 0.5) is 9.59 Å². The minimum atomic E-state index is -1.20. The van der Waals surface area contributed by atoms with Crippen molar-refractivity contribution in [1.29, 1.82) is 0 Å². The molecule has 0 aliphatic carbocycles. The first-order valence-electron chi connectivity index (χ1n) is 27.9. The van der Waals surface area contributed by atoms with E-state index in [0.29, 0.717) is 0 Å². The molecule has 3 amide bonds. The summed E-state index contributed by atoms with van der Waals surface area (Å²) in [4.78, 5) is 117. The van der Waals surface area contributed by atoms with Gasteiger partial charge in [0.25, 0.3) is 0 Å². The average Bonchev–Trinajstić information content (AvgIpc) is 2.16. The molecule has 466 valence electrons. The fourth-order valence-electron chi connectivity index (χ4n) is 7.49. The summed E-state index contributed by atoms with van der Waals surface area (Å²) in [5.41, 5.74) is 10.2. The Morgan fingerprint density at radius 1 is 0.506 bits per heavy atom. The van der Waals surface area contributed by atoms with Gasteiger partial charge in [0.1, 0.15) is 62.2 Å². The summed E-state index contributed by atoms with van der Waals surface area (Å²) in [5, 5.41) is 35.0. The lowest BCUT2D eigenvalue weighted by Crippen LogP contribution is -2.43. The zero-order chi connectivity index (χ0) is 63.8. The molecule has 87 heavy (non-hydrogen) atoms. The molecule has 1 aromatic heterocycles. The number of ether oxygens (including phenoxy) is 5. The second-order valence-corrected chi connectivity index (χ2v) is 19.6. The molecule has 5 aromatic carbocycles. The number of aromatic nitrogens is 1. The van der Waals surface area contributed by atoms with Crippen molar-refractivity contribution in [1.82, 2.24) is 20.9 Å². The molecule has 1 aliphatic heterocycles. The van der Waals surface area contributed by atoms with E-state index in [1.54, 1.807) is 30.5 Å². The lowest BCUT2D eigenvalue weighted by Gasteiger charge is -2.17. The third-order valence-corrected chi connectivity index (χ3v) is 12.0. The van der Waals surface area contributed by atoms with E-state index in [0.717, 1.165) is 51.9 Å². The topological polar surface area (TPSA) is 355 Å². The number of alkyl carbamates (subject to hydrolysis) is 2. The Balaban J connectivity index is 0.000000318. The van der Waals surface area contributed by atoms with Crippen LogP contribution in [0.15, 0.2) is 152 Å². The van der Waals surface area contributed by atoms with Crippen molar-refractivity contribution in [2.24, 2.45) is 5.73 Å². The van der Waals surface area contributed by atoms with Gasteiger partial charge in [-0.25, -0.2) is 24.0 Å². The summed E-state index contributed by atoms with van der Waals surface area (Å²) in [6.45, 7) is 6.74. The van der Waals surface area contributed by atoms with Crippen molar-refractivity contribution in [3.63, 3.8) is 0 Å². The quantitative estimate of drug-likeness (QED) is 0.0187. The van der Waals surface area contributed by atoms with Gasteiger partial charge in [-0.1, -0.05) is 140 Å². The SMILES string of the molecule is C1CCOC1.CC(=O)CC[C@@H](NC(=O)OCc1ccccc1)C(=O)OCc1ccccc1.CC(C)=O.N[C@H](CCC(=O)N[C@@H](Cc1c[nH]c2ccccc12)C(=O)O)C(=O)O.O=C(O)CC[C@@H](NC(=O)OCc1ccccc1)C(=O)OCc1ccccc1. The van der Waals surface area contributed by atoms with Crippen LogP contribution in [0.25, 0.3) is 10.9 Å². The highest BCUT2D eigenvalue weighted by Crippen LogP contribution is 2.19. The Morgan fingerprint density at radius 3 is 1.29 bits per heavy atom. The highest BCUT2D eigenvalue weighted by atomic mass is 16.6. The van der Waals surface area contributed by atoms with Crippen LogP contribution in [-0.2, 0) is 94.9 Å². The molecule has 1 saturated heterocycles. The van der Waals surface area contributed by atoms with Crippen molar-refractivity contribution >= 4 is 70.4 Å². The molecule has 1 fully saturated rings. The van der Waals surface area contributed by atoms with Crippen molar-refractivity contribution < 1.29 is 86.9 Å². The fraction of sp³-hybridized carbons (Fsp3) is 0.344. The van der Waals surface area contributed by atoms with Crippen molar-refractivity contribution in [2.45, 2.75) is 129 Å². The number of hydrogen-bond acceptors (Lipinski definition) is 16. The number of rotatable bonds is 26. The largest absolute Gasteiger partial charge is 0.481 e. The van der Waals surface area contributed by atoms with Gasteiger partial charge in [0.15, 0.2) is 0 Å². The molecular weight excluding hydrogens is 1130 g/mol. The number of nitrogens with one attached hydrogen (secondary N) is 4. The van der Waals surface area contributed by atoms with Gasteiger partial charge in [-0.15, -0.1) is 0 Å². The van der Waals surface area contributed by atoms with Gasteiger partial charge < -0.3 is 75.3 Å². The summed E-state index contributed by atoms with van der Waals surface area (Å²) in [5.74, 6) is -5.19. The van der Waals surface area contributed by atoms with Crippen LogP contribution < -0.4 is 21.7 Å². The summed E-state index contributed by atoms with van der Waals surface area (Å²) < 4.78 is 25.6. The maximum Gasteiger partial charge on any atom is 0.408 e. The van der Waals surface area contributed by atoms with E-state index < -0.39 is 72.1 Å². The van der Waals surface area contributed by atoms with Crippen molar-refractivity contribution in [3.8, 4) is 0 Å². The van der Waals surface area contributed by atoms with Crippen LogP contribution in [0.2, 0.25) is 0 Å². The van der Waals surface area contributed by atoms with Gasteiger partial charge in [-0.2, -0.15) is 0 Å². The standard InChI is InChI=1S/C21H23NO5.C20H21NO6.C16H19N3O5.C4H8O.C3H6O/c1-16(23)12-13-19(20(24)26-14-17-8-4-2-5-9-17)22-21(25)27-15-18-10-6-3-7-11-18;22-18(23)12-11-17(19(24)26-13-15-7-3-1-4-8-15)21-20(25)27-14-16-9-5-2-6-10-16;17-11(15(21)22)5-6-14(20)19-13(16(23)24)7-9-8-18-12-4-2-1-3-10(9)12;1-2-4-5-3-1;1-3(2)4/h2-11,19H,12-15H2,1H3,(H,22,25);1-10,17H,11-14H2,(H,21,25)(H,22,23);1-4,8,11,13,18H,5-7,17H2,(H,19,20)(H,21,22)(H,23,24);1-4H2;1-2H3/t19-;17-;11-,13+;;/m111../s1. The highest BCUT2D eigenvalue weighted by molar-refractivity contribution is 5.87. The number of Topliss-reactive ketones (excluding diaryl/α,β-unsaturated/α-hetero) is 2. The number of esters is 2. The molecule has 23 heteroatoms. The van der Waals surface area contributed by atoms with Crippen LogP contribution in [0.3, 0.4) is 0 Å². The van der Waals surface area contributed by atoms with Gasteiger partial charge in [0.05, 0.1) is 0 Å². The second-order valence-electron chi connectivity index (χ2n) is 19.6. The van der Waals surface area contributed by atoms with E-state index in [4.69, 9.17) is 39.6 Å². The Kier molecular flexibility index (Phi) is 34.0. The first-order valence-corrected chi connectivity index (χ1v) is 27.9. The minimum absolute atomic E-state index is 0.0317. The van der Waals surface area contributed by atoms with Gasteiger partial charge >= 0.3 is 42.0 Å². The number of nitrogens with two attached hydrogens (primary N) is 1. The summed E-state index contributed by atoms with van der Waals surface area (Å²) >= 11 is 0. The average molecular weight is 1200 g/mol. The number of hydrogen-bond donors (Lipinski definition) is 8. The zero-order valence-electron chi connectivity index (χ0n) is 48.9. The van der Waals surface area contributed by atoms with Crippen LogP contribution in [-0.4, -0.2) is 117 Å². The number of benzene rings is 5. The molecule has 1 aliphatic rings. The Hall–Kier alpha value is -9.74. The molecule has 0 spiro atoms. The van der Waals surface area contributed by atoms with Crippen LogP contribution in [0, 0.1) is 0 Å². The van der Waals surface area contributed by atoms with E-state index in [1.165, 1.54) is 33.6 Å². The third-order valence-electron chi connectivity index (χ3n) is 12.0. The van der Waals surface area contributed by atoms with E-state index in [-0.39, 0.29) is 82.9 Å². The second kappa shape index (κ2) is 41.3. The number of H-pyrrole nitrogens is 1. The Labute approximate surface area is 504 Å². The van der Waals surface area contributed by atoms with E-state index in [1.807, 2.05) is 121 Å². The number of amides is 3. The molecule has 9 N–H and O–H groups in total. The number of carboxylic acid groups (broad SMARTS) is 3. The number of carboxylic acids is 3. The minimum Gasteiger partial charge on any atom is -0.481 e. The molecule has 23 nitrogen and oxygen atoms in total. The van der Waals surface area contributed by atoms with Crippen molar-refractivity contribution in [3.05, 3.63) is 180 Å². The summed E-state index contributed by atoms with van der Waals surface area (Å²) in [6, 6.07) is 39.7. The Morgan fingerprint density at radius 2 is 0.908 bits per heavy atom. The monoisotopic (exact) mass is 1200 g/mol. The maximum absolute atomic E-state index is 12.3. The molecule has 4 atom stereocenters. The summed E-state index contributed by atoms with van der Waals surface area (Å²) in [7, 11) is 0. The van der Waals surface area contributed by atoms with Crippen LogP contribution in [0.1, 0.15) is 100.0 Å². The predicted molar refractivity (Wildman–Crippen MR) is 319 cm³/mol. The molecular formula is C64H77N5O18. The number of carbonyl (C=O) groups is 10. The Bertz CT molecular complexity index is 2920. The molecule has 0 unspecified atom stereocenters. The molecule has 0 radical (unpaired) electrons. The maximum atomic E-state index is 12.3. The predicted octanol–water partition coefficient (Wildman–Crippen LogP) is 8.15. The van der Waals surface area contributed by atoms with E-state index >= 15 is 0 Å². The highest BCUT2D eigenvalue weighted by Gasteiger charge is 2.26. The third kappa shape index (κ3) is 32.2. The summed E-state index contributed by atoms with van der Waals surface area (Å²) in [6.07, 6.45) is 2.57. The fourth-order valence-corrected chi connectivity index (χ4v) is 7.49. The number of ketones is 2. The van der Waals surface area contributed by atoms with Gasteiger partial charge in [0.2, 0.25) is 5.91 Å². The lowest BCUT2D eigenvalue weighted by atomic mass is 10.0. The van der Waals surface area contributed by atoms with Crippen LogP contribution >= 0.6 is 0 Å². The van der Waals surface area contributed by atoms with Gasteiger partial charge in [0, 0.05) is 56.0 Å². The van der Waals surface area contributed by atoms with E-state index in [2.05, 4.69) is 20.9 Å². The number of para-hydroxylation sites is 1. The van der Waals surface area contributed by atoms with Crippen molar-refractivity contribution in [2.75, 3.05) is 13.2 Å². The number of carbonyl (C=O) groups excluding carboxylic acids is 7. The molecule has 2 heterocycles. The van der Waals surface area contributed by atoms with E-state index in [9.17, 15) is 53.1 Å². The molecule has 6 aromatic rings. The van der Waals surface area contributed by atoms with Crippen LogP contribution in [0.5, 0.6) is 0 Å². The number of fused-ring (bicyclic) bond motifs is 1.